The van der Waals surface area contributed by atoms with Gasteiger partial charge in [-0.05, 0) is 45.0 Å². The zero-order valence-corrected chi connectivity index (χ0v) is 16.1. The molecule has 0 unspecified atom stereocenters. The quantitative estimate of drug-likeness (QED) is 0.738. The van der Waals surface area contributed by atoms with Crippen molar-refractivity contribution in [3.8, 4) is 5.75 Å². The minimum Gasteiger partial charge on any atom is -0.444 e. The van der Waals surface area contributed by atoms with Crippen LogP contribution in [-0.2, 0) is 11.3 Å². The lowest BCUT2D eigenvalue weighted by molar-refractivity contribution is -0.274. The van der Waals surface area contributed by atoms with E-state index >= 15 is 0 Å². The molecule has 0 radical (unpaired) electrons. The molecule has 0 saturated heterocycles. The van der Waals surface area contributed by atoms with Gasteiger partial charge >= 0.3 is 12.5 Å². The zero-order chi connectivity index (χ0) is 21.7. The summed E-state index contributed by atoms with van der Waals surface area (Å²) < 4.78 is 46.6. The number of ether oxygens (including phenoxy) is 2. The molecule has 0 atom stereocenters. The van der Waals surface area contributed by atoms with E-state index in [1.54, 1.807) is 32.9 Å². The molecule has 0 aromatic heterocycles. The van der Waals surface area contributed by atoms with Crippen molar-refractivity contribution in [2.24, 2.45) is 0 Å². The molecule has 0 saturated carbocycles. The number of halogens is 3. The number of carbonyl (C=O) groups excluding carboxylic acids is 2. The Labute approximate surface area is 166 Å². The molecule has 0 bridgehead atoms. The summed E-state index contributed by atoms with van der Waals surface area (Å²) in [6.45, 7) is 4.99. The number of carbonyl (C=O) groups is 2. The third-order valence-corrected chi connectivity index (χ3v) is 3.41. The summed E-state index contributed by atoms with van der Waals surface area (Å²) in [5.41, 5.74) is 0.0481. The summed E-state index contributed by atoms with van der Waals surface area (Å²) in [7, 11) is 0. The number of rotatable bonds is 5. The van der Waals surface area contributed by atoms with Gasteiger partial charge in [0.1, 0.15) is 11.4 Å². The summed E-state index contributed by atoms with van der Waals surface area (Å²) in [6, 6.07) is 11.6. The predicted molar refractivity (Wildman–Crippen MR) is 101 cm³/mol. The van der Waals surface area contributed by atoms with Crippen LogP contribution in [0.4, 0.5) is 23.7 Å². The number of hydrogen-bond donors (Lipinski definition) is 2. The molecule has 2 amide bonds. The third-order valence-electron chi connectivity index (χ3n) is 3.41. The summed E-state index contributed by atoms with van der Waals surface area (Å²) in [5, 5.41) is 5.05. The average Bonchev–Trinajstić information content (AvgIpc) is 2.58. The number of nitrogens with one attached hydrogen (secondary N) is 2. The average molecular weight is 410 g/mol. The van der Waals surface area contributed by atoms with E-state index in [0.29, 0.717) is 5.69 Å². The summed E-state index contributed by atoms with van der Waals surface area (Å²) in [4.78, 5) is 24.2. The molecule has 2 aromatic rings. The number of anilines is 1. The van der Waals surface area contributed by atoms with Crippen LogP contribution in [0.15, 0.2) is 48.5 Å². The van der Waals surface area contributed by atoms with Crippen molar-refractivity contribution in [2.45, 2.75) is 39.3 Å². The van der Waals surface area contributed by atoms with Gasteiger partial charge in [-0.1, -0.05) is 24.3 Å². The van der Waals surface area contributed by atoms with Gasteiger partial charge in [0.05, 0.1) is 0 Å². The molecule has 0 heterocycles. The smallest absolute Gasteiger partial charge is 0.444 e. The highest BCUT2D eigenvalue weighted by molar-refractivity contribution is 5.96. The van der Waals surface area contributed by atoms with Crippen molar-refractivity contribution in [1.82, 2.24) is 5.32 Å². The van der Waals surface area contributed by atoms with E-state index < -0.39 is 24.0 Å². The first-order valence-electron chi connectivity index (χ1n) is 8.65. The topological polar surface area (TPSA) is 76.7 Å². The first-order chi connectivity index (χ1) is 13.4. The standard InChI is InChI=1S/C20H21F3N2O4/c1-19(2,3)29-18(27)25-15-9-6-8-13(11-15)17(26)24-12-14-7-4-5-10-16(14)28-20(21,22)23/h4-11H,12H2,1-3H3,(H,24,26)(H,25,27). The molecule has 0 aliphatic carbocycles. The van der Waals surface area contributed by atoms with Crippen LogP contribution < -0.4 is 15.4 Å². The first kappa shape index (κ1) is 22.1. The summed E-state index contributed by atoms with van der Waals surface area (Å²) in [6.07, 6.45) is -5.50. The predicted octanol–water partition coefficient (Wildman–Crippen LogP) is 4.86. The summed E-state index contributed by atoms with van der Waals surface area (Å²) in [5.74, 6) is -0.916. The van der Waals surface area contributed by atoms with Gasteiger partial charge in [0.25, 0.3) is 5.91 Å². The van der Waals surface area contributed by atoms with Crippen LogP contribution in [-0.4, -0.2) is 24.0 Å². The Hall–Kier alpha value is -3.23. The van der Waals surface area contributed by atoms with Gasteiger partial charge in [0.15, 0.2) is 0 Å². The molecular weight excluding hydrogens is 389 g/mol. The Balaban J connectivity index is 2.03. The van der Waals surface area contributed by atoms with Crippen molar-refractivity contribution in [3.05, 3.63) is 59.7 Å². The second-order valence-electron chi connectivity index (χ2n) is 7.05. The van der Waals surface area contributed by atoms with Crippen molar-refractivity contribution < 1.29 is 32.2 Å². The fourth-order valence-corrected chi connectivity index (χ4v) is 2.31. The lowest BCUT2D eigenvalue weighted by Gasteiger charge is -2.19. The highest BCUT2D eigenvalue weighted by atomic mass is 19.4. The molecule has 0 spiro atoms. The molecular formula is C20H21F3N2O4. The summed E-state index contributed by atoms with van der Waals surface area (Å²) >= 11 is 0. The van der Waals surface area contributed by atoms with E-state index in [-0.39, 0.29) is 23.4 Å². The van der Waals surface area contributed by atoms with E-state index in [2.05, 4.69) is 15.4 Å². The maximum absolute atomic E-state index is 12.5. The molecule has 2 N–H and O–H groups in total. The van der Waals surface area contributed by atoms with Gasteiger partial charge in [-0.15, -0.1) is 13.2 Å². The van der Waals surface area contributed by atoms with Crippen LogP contribution in [0.2, 0.25) is 0 Å². The molecule has 156 valence electrons. The van der Waals surface area contributed by atoms with E-state index in [4.69, 9.17) is 4.74 Å². The van der Waals surface area contributed by atoms with E-state index in [9.17, 15) is 22.8 Å². The number of alkyl halides is 3. The highest BCUT2D eigenvalue weighted by Gasteiger charge is 2.32. The Bertz CT molecular complexity index is 877. The van der Waals surface area contributed by atoms with Crippen molar-refractivity contribution >= 4 is 17.7 Å². The lowest BCUT2D eigenvalue weighted by atomic mass is 10.1. The van der Waals surface area contributed by atoms with Crippen LogP contribution in [0, 0.1) is 0 Å². The first-order valence-corrected chi connectivity index (χ1v) is 8.65. The number of hydrogen-bond acceptors (Lipinski definition) is 4. The molecule has 0 aliphatic heterocycles. The monoisotopic (exact) mass is 410 g/mol. The highest BCUT2D eigenvalue weighted by Crippen LogP contribution is 2.26. The molecule has 6 nitrogen and oxygen atoms in total. The van der Waals surface area contributed by atoms with Crippen LogP contribution in [0.1, 0.15) is 36.7 Å². The molecule has 0 aliphatic rings. The second kappa shape index (κ2) is 8.85. The van der Waals surface area contributed by atoms with Crippen LogP contribution in [0.5, 0.6) is 5.75 Å². The van der Waals surface area contributed by atoms with Gasteiger partial charge in [-0.25, -0.2) is 4.79 Å². The second-order valence-corrected chi connectivity index (χ2v) is 7.05. The molecule has 2 aromatic carbocycles. The van der Waals surface area contributed by atoms with Crippen molar-refractivity contribution in [3.63, 3.8) is 0 Å². The third kappa shape index (κ3) is 7.73. The fourth-order valence-electron chi connectivity index (χ4n) is 2.31. The van der Waals surface area contributed by atoms with Gasteiger partial charge in [0, 0.05) is 23.4 Å². The zero-order valence-electron chi connectivity index (χ0n) is 16.1. The van der Waals surface area contributed by atoms with Crippen LogP contribution in [0.3, 0.4) is 0 Å². The fraction of sp³-hybridized carbons (Fsp3) is 0.300. The minimum absolute atomic E-state index is 0.168. The minimum atomic E-state index is -4.83. The number of benzene rings is 2. The maximum atomic E-state index is 12.5. The number of para-hydroxylation sites is 1. The van der Waals surface area contributed by atoms with Crippen molar-refractivity contribution in [2.75, 3.05) is 5.32 Å². The van der Waals surface area contributed by atoms with Crippen LogP contribution in [0.25, 0.3) is 0 Å². The largest absolute Gasteiger partial charge is 0.573 e. The van der Waals surface area contributed by atoms with Crippen LogP contribution >= 0.6 is 0 Å². The van der Waals surface area contributed by atoms with Gasteiger partial charge in [-0.3, -0.25) is 10.1 Å². The van der Waals surface area contributed by atoms with Crippen molar-refractivity contribution in [1.29, 1.82) is 0 Å². The van der Waals surface area contributed by atoms with Gasteiger partial charge in [-0.2, -0.15) is 0 Å². The van der Waals surface area contributed by atoms with Gasteiger partial charge in [0.2, 0.25) is 0 Å². The number of amides is 2. The van der Waals surface area contributed by atoms with E-state index in [0.717, 1.165) is 0 Å². The Morgan fingerprint density at radius 1 is 1.00 bits per heavy atom. The normalized spacial score (nSPS) is 11.5. The SMILES string of the molecule is CC(C)(C)OC(=O)Nc1cccc(C(=O)NCc2ccccc2OC(F)(F)F)c1. The molecule has 2 rings (SSSR count). The lowest BCUT2D eigenvalue weighted by Crippen LogP contribution is -2.27. The van der Waals surface area contributed by atoms with Gasteiger partial charge < -0.3 is 14.8 Å². The Kier molecular flexibility index (Phi) is 6.73. The van der Waals surface area contributed by atoms with E-state index in [1.807, 2.05) is 0 Å². The van der Waals surface area contributed by atoms with E-state index in [1.165, 1.54) is 36.4 Å². The Morgan fingerprint density at radius 3 is 2.34 bits per heavy atom. The molecule has 0 fully saturated rings. The Morgan fingerprint density at radius 2 is 1.69 bits per heavy atom. The molecule has 9 heteroatoms. The molecule has 29 heavy (non-hydrogen) atoms. The maximum Gasteiger partial charge on any atom is 0.573 e.